The molecule has 0 saturated heterocycles. The SMILES string of the molecule is C=CCC1=C(CC=C)C(=O)[C@H]2[C@@H](C1=O)[C@H]1C=C[C@@H]2C1. The molecule has 3 rings (SSSR count). The number of hydrogen-bond acceptors (Lipinski definition) is 2. The van der Waals surface area contributed by atoms with Crippen LogP contribution in [0.1, 0.15) is 19.3 Å². The highest BCUT2D eigenvalue weighted by atomic mass is 16.1. The molecule has 0 unspecified atom stereocenters. The third kappa shape index (κ3) is 1.62. The Morgan fingerprint density at radius 3 is 1.74 bits per heavy atom. The van der Waals surface area contributed by atoms with Gasteiger partial charge in [-0.1, -0.05) is 24.3 Å². The molecule has 4 atom stereocenters. The predicted molar refractivity (Wildman–Crippen MR) is 74.4 cm³/mol. The highest BCUT2D eigenvalue weighted by molar-refractivity contribution is 6.15. The van der Waals surface area contributed by atoms with Gasteiger partial charge in [0, 0.05) is 23.0 Å². The number of rotatable bonds is 4. The fourth-order valence-corrected chi connectivity index (χ4v) is 3.97. The van der Waals surface area contributed by atoms with Crippen LogP contribution in [0.15, 0.2) is 48.6 Å². The van der Waals surface area contributed by atoms with Crippen LogP contribution in [-0.2, 0) is 9.59 Å². The third-order valence-corrected chi connectivity index (χ3v) is 4.72. The van der Waals surface area contributed by atoms with Gasteiger partial charge in [0.2, 0.25) is 0 Å². The molecule has 98 valence electrons. The average molecular weight is 254 g/mol. The summed E-state index contributed by atoms with van der Waals surface area (Å²) in [5, 5.41) is 0. The van der Waals surface area contributed by atoms with Crippen LogP contribution in [0.3, 0.4) is 0 Å². The first-order valence-electron chi connectivity index (χ1n) is 6.89. The fraction of sp³-hybridized carbons (Fsp3) is 0.412. The van der Waals surface area contributed by atoms with Gasteiger partial charge in [0.25, 0.3) is 0 Å². The Morgan fingerprint density at radius 2 is 1.37 bits per heavy atom. The molecule has 0 heterocycles. The highest BCUT2D eigenvalue weighted by Gasteiger charge is 2.54. The molecule has 2 bridgehead atoms. The summed E-state index contributed by atoms with van der Waals surface area (Å²) in [4.78, 5) is 25.4. The lowest BCUT2D eigenvalue weighted by Crippen LogP contribution is -2.40. The Morgan fingerprint density at radius 1 is 0.947 bits per heavy atom. The smallest absolute Gasteiger partial charge is 0.164 e. The molecule has 2 nitrogen and oxygen atoms in total. The molecule has 0 aliphatic heterocycles. The maximum Gasteiger partial charge on any atom is 0.164 e. The highest BCUT2D eigenvalue weighted by Crippen LogP contribution is 2.53. The molecule has 0 radical (unpaired) electrons. The first kappa shape index (κ1) is 12.3. The van der Waals surface area contributed by atoms with Gasteiger partial charge in [0.15, 0.2) is 11.6 Å². The number of ketones is 2. The first-order chi connectivity index (χ1) is 9.19. The van der Waals surface area contributed by atoms with Gasteiger partial charge in [-0.3, -0.25) is 9.59 Å². The van der Waals surface area contributed by atoms with Crippen LogP contribution in [-0.4, -0.2) is 11.6 Å². The molecule has 0 aromatic carbocycles. The van der Waals surface area contributed by atoms with Crippen molar-refractivity contribution in [3.8, 4) is 0 Å². The lowest BCUT2D eigenvalue weighted by molar-refractivity contribution is -0.131. The number of carbonyl (C=O) groups excluding carboxylic acids is 2. The quantitative estimate of drug-likeness (QED) is 0.723. The molecule has 3 aliphatic rings. The van der Waals surface area contributed by atoms with E-state index in [0.717, 1.165) is 6.42 Å². The zero-order chi connectivity index (χ0) is 13.6. The topological polar surface area (TPSA) is 34.1 Å². The molecule has 0 aromatic heterocycles. The molecular weight excluding hydrogens is 236 g/mol. The predicted octanol–water partition coefficient (Wildman–Crippen LogP) is 3.03. The standard InChI is InChI=1S/C17H18O2/c1-3-5-12-13(6-4-2)17(19)15-11-8-7-10(9-11)14(15)16(12)18/h3-4,7-8,10-11,14-15H,1-2,5-6,9H2/t10-,11+,14-,15+. The van der Waals surface area contributed by atoms with E-state index in [1.54, 1.807) is 12.2 Å². The minimum Gasteiger partial charge on any atom is -0.294 e. The van der Waals surface area contributed by atoms with Crippen LogP contribution >= 0.6 is 0 Å². The van der Waals surface area contributed by atoms with Gasteiger partial charge in [0.05, 0.1) is 0 Å². The Kier molecular flexibility index (Phi) is 2.89. The van der Waals surface area contributed by atoms with Gasteiger partial charge in [-0.15, -0.1) is 13.2 Å². The van der Waals surface area contributed by atoms with Crippen LogP contribution in [0.25, 0.3) is 0 Å². The molecule has 1 fully saturated rings. The number of carbonyl (C=O) groups is 2. The van der Waals surface area contributed by atoms with Crippen LogP contribution in [0.4, 0.5) is 0 Å². The van der Waals surface area contributed by atoms with Gasteiger partial charge in [-0.05, 0) is 31.1 Å². The van der Waals surface area contributed by atoms with E-state index in [1.165, 1.54) is 0 Å². The molecular formula is C17H18O2. The fourth-order valence-electron chi connectivity index (χ4n) is 3.97. The summed E-state index contributed by atoms with van der Waals surface area (Å²) in [5.74, 6) is 0.696. The largest absolute Gasteiger partial charge is 0.294 e. The van der Waals surface area contributed by atoms with Crippen molar-refractivity contribution in [3.63, 3.8) is 0 Å². The van der Waals surface area contributed by atoms with E-state index in [9.17, 15) is 9.59 Å². The molecule has 0 aromatic rings. The molecule has 0 N–H and O–H groups in total. The zero-order valence-electron chi connectivity index (χ0n) is 11.0. The minimum atomic E-state index is -0.106. The summed E-state index contributed by atoms with van der Waals surface area (Å²) >= 11 is 0. The summed E-state index contributed by atoms with van der Waals surface area (Å²) in [6, 6.07) is 0. The van der Waals surface area contributed by atoms with E-state index in [-0.39, 0.29) is 35.2 Å². The summed E-state index contributed by atoms with van der Waals surface area (Å²) in [6.07, 6.45) is 9.65. The van der Waals surface area contributed by atoms with Gasteiger partial charge < -0.3 is 0 Å². The second-order valence-corrected chi connectivity index (χ2v) is 5.67. The van der Waals surface area contributed by atoms with E-state index in [2.05, 4.69) is 25.3 Å². The molecule has 19 heavy (non-hydrogen) atoms. The van der Waals surface area contributed by atoms with Crippen molar-refractivity contribution < 1.29 is 9.59 Å². The van der Waals surface area contributed by atoms with Gasteiger partial charge in [-0.25, -0.2) is 0 Å². The van der Waals surface area contributed by atoms with E-state index >= 15 is 0 Å². The molecule has 1 saturated carbocycles. The van der Waals surface area contributed by atoms with Crippen LogP contribution < -0.4 is 0 Å². The maximum absolute atomic E-state index is 12.7. The van der Waals surface area contributed by atoms with Crippen LogP contribution in [0, 0.1) is 23.7 Å². The van der Waals surface area contributed by atoms with Crippen molar-refractivity contribution in [2.75, 3.05) is 0 Å². The summed E-state index contributed by atoms with van der Waals surface area (Å²) in [5.41, 5.74) is 1.37. The Balaban J connectivity index is 2.07. The van der Waals surface area contributed by atoms with Crippen LogP contribution in [0.5, 0.6) is 0 Å². The molecule has 0 spiro atoms. The maximum atomic E-state index is 12.7. The second kappa shape index (κ2) is 4.44. The molecule has 3 aliphatic carbocycles. The second-order valence-electron chi connectivity index (χ2n) is 5.67. The number of fused-ring (bicyclic) bond motifs is 5. The van der Waals surface area contributed by atoms with Crippen molar-refractivity contribution in [2.24, 2.45) is 23.7 Å². The van der Waals surface area contributed by atoms with Crippen molar-refractivity contribution in [1.82, 2.24) is 0 Å². The number of allylic oxidation sites excluding steroid dienone is 6. The Hall–Kier alpha value is -1.70. The van der Waals surface area contributed by atoms with E-state index in [4.69, 9.17) is 0 Å². The monoisotopic (exact) mass is 254 g/mol. The van der Waals surface area contributed by atoms with Crippen molar-refractivity contribution in [2.45, 2.75) is 19.3 Å². The Labute approximate surface area is 113 Å². The van der Waals surface area contributed by atoms with Crippen molar-refractivity contribution in [3.05, 3.63) is 48.6 Å². The van der Waals surface area contributed by atoms with Crippen molar-refractivity contribution in [1.29, 1.82) is 0 Å². The average Bonchev–Trinajstić information content (AvgIpc) is 3.00. The number of hydrogen-bond donors (Lipinski definition) is 0. The van der Waals surface area contributed by atoms with E-state index in [0.29, 0.717) is 24.0 Å². The van der Waals surface area contributed by atoms with E-state index < -0.39 is 0 Å². The van der Waals surface area contributed by atoms with Crippen molar-refractivity contribution >= 4 is 11.6 Å². The molecule has 0 amide bonds. The van der Waals surface area contributed by atoms with Gasteiger partial charge in [0.1, 0.15) is 0 Å². The van der Waals surface area contributed by atoms with Gasteiger partial charge >= 0.3 is 0 Å². The number of Topliss-reactive ketones (excluding diaryl/α,β-unsaturated/α-hetero) is 2. The third-order valence-electron chi connectivity index (χ3n) is 4.72. The molecule has 2 heteroatoms. The minimum absolute atomic E-state index is 0.106. The van der Waals surface area contributed by atoms with Crippen LogP contribution in [0.2, 0.25) is 0 Å². The zero-order valence-corrected chi connectivity index (χ0v) is 11.0. The van der Waals surface area contributed by atoms with E-state index in [1.807, 2.05) is 0 Å². The Bertz CT molecular complexity index is 489. The van der Waals surface area contributed by atoms with Gasteiger partial charge in [-0.2, -0.15) is 0 Å². The normalized spacial score (nSPS) is 35.8. The summed E-state index contributed by atoms with van der Waals surface area (Å²) < 4.78 is 0. The lowest BCUT2D eigenvalue weighted by Gasteiger charge is -2.32. The lowest BCUT2D eigenvalue weighted by atomic mass is 9.68. The summed E-state index contributed by atoms with van der Waals surface area (Å²) in [7, 11) is 0. The first-order valence-corrected chi connectivity index (χ1v) is 6.89. The summed E-state index contributed by atoms with van der Waals surface area (Å²) in [6.45, 7) is 7.41.